The molecular formula is C18H18FN5O3S2. The van der Waals surface area contributed by atoms with E-state index in [1.54, 1.807) is 24.6 Å². The van der Waals surface area contributed by atoms with Gasteiger partial charge >= 0.3 is 0 Å². The summed E-state index contributed by atoms with van der Waals surface area (Å²) in [7, 11) is -3.79. The maximum absolute atomic E-state index is 13.8. The molecule has 29 heavy (non-hydrogen) atoms. The second-order valence-electron chi connectivity index (χ2n) is 6.76. The lowest BCUT2D eigenvalue weighted by atomic mass is 10.1. The lowest BCUT2D eigenvalue weighted by molar-refractivity contribution is 0.102. The van der Waals surface area contributed by atoms with Gasteiger partial charge < -0.3 is 0 Å². The average molecular weight is 436 g/mol. The van der Waals surface area contributed by atoms with Crippen LogP contribution in [0.4, 0.5) is 9.52 Å². The van der Waals surface area contributed by atoms with E-state index in [1.807, 2.05) is 0 Å². The molecule has 11 heteroatoms. The fourth-order valence-corrected chi connectivity index (χ4v) is 5.23. The summed E-state index contributed by atoms with van der Waals surface area (Å²) in [5.74, 6) is -1.07. The number of amides is 1. The van der Waals surface area contributed by atoms with E-state index >= 15 is 0 Å². The first-order valence-electron chi connectivity index (χ1n) is 8.87. The molecule has 8 nitrogen and oxygen atoms in total. The number of aromatic nitrogens is 3. The van der Waals surface area contributed by atoms with Crippen LogP contribution in [0.15, 0.2) is 40.7 Å². The van der Waals surface area contributed by atoms with E-state index in [0.717, 1.165) is 6.07 Å². The molecule has 1 fully saturated rings. The zero-order valence-electron chi connectivity index (χ0n) is 15.4. The van der Waals surface area contributed by atoms with E-state index in [1.165, 1.54) is 27.8 Å². The second-order valence-corrected chi connectivity index (χ2v) is 9.59. The predicted octanol–water partition coefficient (Wildman–Crippen LogP) is 2.74. The highest BCUT2D eigenvalue weighted by atomic mass is 32.2. The van der Waals surface area contributed by atoms with E-state index in [9.17, 15) is 17.6 Å². The number of hydrogen-bond donors (Lipinski definition) is 2. The van der Waals surface area contributed by atoms with Gasteiger partial charge in [-0.1, -0.05) is 6.07 Å². The molecule has 0 spiro atoms. The van der Waals surface area contributed by atoms with Crippen molar-refractivity contribution in [2.45, 2.75) is 24.2 Å². The van der Waals surface area contributed by atoms with Gasteiger partial charge in [-0.2, -0.15) is 9.40 Å². The summed E-state index contributed by atoms with van der Waals surface area (Å²) in [5, 5.41) is 11.7. The number of H-pyrrole nitrogens is 1. The van der Waals surface area contributed by atoms with Crippen LogP contribution in [0.2, 0.25) is 0 Å². The molecule has 0 radical (unpaired) electrons. The molecular weight excluding hydrogens is 417 g/mol. The summed E-state index contributed by atoms with van der Waals surface area (Å²) >= 11 is 1.30. The van der Waals surface area contributed by atoms with E-state index in [2.05, 4.69) is 20.5 Å². The second kappa shape index (κ2) is 7.65. The Balaban J connectivity index is 1.46. The fraction of sp³-hybridized carbons (Fsp3) is 0.278. The molecule has 0 aliphatic carbocycles. The van der Waals surface area contributed by atoms with Crippen LogP contribution >= 0.6 is 11.3 Å². The first-order chi connectivity index (χ1) is 13.8. The fourth-order valence-electron chi connectivity index (χ4n) is 3.19. The minimum atomic E-state index is -3.79. The Labute approximate surface area is 170 Å². The summed E-state index contributed by atoms with van der Waals surface area (Å²) in [6.45, 7) is 2.12. The van der Waals surface area contributed by atoms with Crippen molar-refractivity contribution >= 4 is 32.4 Å². The maximum Gasteiger partial charge on any atom is 0.277 e. The number of nitrogens with one attached hydrogen (secondary N) is 2. The molecule has 1 saturated heterocycles. The summed E-state index contributed by atoms with van der Waals surface area (Å²) in [5.41, 5.74) is 1.28. The number of benzene rings is 1. The number of sulfonamides is 1. The molecule has 1 aromatic carbocycles. The third-order valence-corrected chi connectivity index (χ3v) is 7.40. The van der Waals surface area contributed by atoms with Crippen molar-refractivity contribution in [3.63, 3.8) is 0 Å². The zero-order valence-corrected chi connectivity index (χ0v) is 17.1. The van der Waals surface area contributed by atoms with Gasteiger partial charge in [0.05, 0.1) is 4.90 Å². The smallest absolute Gasteiger partial charge is 0.277 e. The number of rotatable bonds is 5. The molecule has 1 atom stereocenters. The van der Waals surface area contributed by atoms with Crippen LogP contribution in [0.25, 0.3) is 0 Å². The van der Waals surface area contributed by atoms with Crippen LogP contribution < -0.4 is 5.32 Å². The molecule has 1 aliphatic rings. The van der Waals surface area contributed by atoms with E-state index in [4.69, 9.17) is 0 Å². The normalized spacial score (nSPS) is 17.5. The summed E-state index contributed by atoms with van der Waals surface area (Å²) in [4.78, 5) is 16.2. The number of anilines is 1. The van der Waals surface area contributed by atoms with Crippen LogP contribution in [0.5, 0.6) is 0 Å². The average Bonchev–Trinajstić information content (AvgIpc) is 3.44. The van der Waals surface area contributed by atoms with Crippen LogP contribution in [0, 0.1) is 12.7 Å². The van der Waals surface area contributed by atoms with Gasteiger partial charge in [0, 0.05) is 36.3 Å². The largest absolute Gasteiger partial charge is 0.296 e. The molecule has 0 bridgehead atoms. The molecule has 152 valence electrons. The van der Waals surface area contributed by atoms with Gasteiger partial charge in [-0.25, -0.2) is 17.8 Å². The topological polar surface area (TPSA) is 108 Å². The summed E-state index contributed by atoms with van der Waals surface area (Å²) in [6, 6.07) is 5.54. The SMILES string of the molecule is Cc1ccc(S(=O)(=O)N2CCC(c3cc(C(=O)Nc4nccs4)n[nH]3)C2)cc1F. The quantitative estimate of drug-likeness (QED) is 0.641. The maximum atomic E-state index is 13.8. The number of hydrogen-bond acceptors (Lipinski definition) is 6. The predicted molar refractivity (Wildman–Crippen MR) is 106 cm³/mol. The van der Waals surface area contributed by atoms with Gasteiger partial charge in [0.15, 0.2) is 10.8 Å². The van der Waals surface area contributed by atoms with Gasteiger partial charge in [-0.3, -0.25) is 15.2 Å². The van der Waals surface area contributed by atoms with E-state index in [-0.39, 0.29) is 29.0 Å². The summed E-state index contributed by atoms with van der Waals surface area (Å²) < 4.78 is 40.8. The van der Waals surface area contributed by atoms with Crippen molar-refractivity contribution < 1.29 is 17.6 Å². The van der Waals surface area contributed by atoms with E-state index in [0.29, 0.717) is 29.4 Å². The van der Waals surface area contributed by atoms with Crippen molar-refractivity contribution in [1.29, 1.82) is 0 Å². The third kappa shape index (κ3) is 3.93. The van der Waals surface area contributed by atoms with Crippen molar-refractivity contribution in [1.82, 2.24) is 19.5 Å². The number of halogens is 1. The Morgan fingerprint density at radius 2 is 2.21 bits per heavy atom. The lowest BCUT2D eigenvalue weighted by Crippen LogP contribution is -2.28. The number of aromatic amines is 1. The Morgan fingerprint density at radius 1 is 1.38 bits per heavy atom. The molecule has 2 N–H and O–H groups in total. The van der Waals surface area contributed by atoms with Gasteiger partial charge in [-0.15, -0.1) is 11.3 Å². The van der Waals surface area contributed by atoms with Gasteiger partial charge in [0.1, 0.15) is 5.82 Å². The standard InChI is InChI=1S/C18H18FN5O3S2/c1-11-2-3-13(8-14(11)19)29(26,27)24-6-4-12(10-24)15-9-16(23-22-15)17(25)21-18-20-5-7-28-18/h2-3,5,7-9,12H,4,6,10H2,1H3,(H,22,23)(H,20,21,25). The van der Waals surface area contributed by atoms with Crippen molar-refractivity contribution in [3.05, 3.63) is 58.6 Å². The van der Waals surface area contributed by atoms with Gasteiger partial charge in [-0.05, 0) is 37.1 Å². The van der Waals surface area contributed by atoms with Crippen LogP contribution in [0.3, 0.4) is 0 Å². The molecule has 3 aromatic rings. The number of carbonyl (C=O) groups is 1. The highest BCUT2D eigenvalue weighted by Gasteiger charge is 2.34. The minimum absolute atomic E-state index is 0.0608. The molecule has 1 unspecified atom stereocenters. The Kier molecular flexibility index (Phi) is 5.19. The van der Waals surface area contributed by atoms with Crippen molar-refractivity contribution in [2.24, 2.45) is 0 Å². The number of nitrogens with zero attached hydrogens (tertiary/aromatic N) is 3. The van der Waals surface area contributed by atoms with Crippen molar-refractivity contribution in [3.8, 4) is 0 Å². The molecule has 1 aliphatic heterocycles. The number of aryl methyl sites for hydroxylation is 1. The highest BCUT2D eigenvalue weighted by Crippen LogP contribution is 2.31. The molecule has 4 rings (SSSR count). The molecule has 1 amide bonds. The zero-order chi connectivity index (χ0) is 20.6. The first-order valence-corrected chi connectivity index (χ1v) is 11.2. The number of thiazole rings is 1. The van der Waals surface area contributed by atoms with Gasteiger partial charge in [0.25, 0.3) is 5.91 Å². The third-order valence-electron chi connectivity index (χ3n) is 4.85. The highest BCUT2D eigenvalue weighted by molar-refractivity contribution is 7.89. The van der Waals surface area contributed by atoms with Crippen LogP contribution in [0.1, 0.15) is 34.1 Å². The Hall–Kier alpha value is -2.63. The monoisotopic (exact) mass is 435 g/mol. The molecule has 2 aromatic heterocycles. The van der Waals surface area contributed by atoms with Crippen molar-refractivity contribution in [2.75, 3.05) is 18.4 Å². The lowest BCUT2D eigenvalue weighted by Gasteiger charge is -2.16. The number of carbonyl (C=O) groups excluding carboxylic acids is 1. The minimum Gasteiger partial charge on any atom is -0.296 e. The molecule has 3 heterocycles. The summed E-state index contributed by atoms with van der Waals surface area (Å²) in [6.07, 6.45) is 2.16. The molecule has 0 saturated carbocycles. The first kappa shape index (κ1) is 19.7. The van der Waals surface area contributed by atoms with Crippen LogP contribution in [-0.2, 0) is 10.0 Å². The van der Waals surface area contributed by atoms with E-state index < -0.39 is 15.8 Å². The Bertz CT molecular complexity index is 1140. The van der Waals surface area contributed by atoms with Crippen LogP contribution in [-0.4, -0.2) is 46.9 Å². The Morgan fingerprint density at radius 3 is 2.93 bits per heavy atom. The van der Waals surface area contributed by atoms with Gasteiger partial charge in [0.2, 0.25) is 10.0 Å².